The van der Waals surface area contributed by atoms with Crippen LogP contribution in [0, 0.1) is 0 Å². The van der Waals surface area contributed by atoms with Gasteiger partial charge >= 0.3 is 0 Å². The molecule has 0 aromatic heterocycles. The van der Waals surface area contributed by atoms with E-state index in [1.54, 1.807) is 5.56 Å². The molecule has 134 valence electrons. The van der Waals surface area contributed by atoms with Gasteiger partial charge in [0.2, 0.25) is 0 Å². The predicted octanol–water partition coefficient (Wildman–Crippen LogP) is 7.15. The van der Waals surface area contributed by atoms with Crippen LogP contribution in [0.3, 0.4) is 0 Å². The van der Waals surface area contributed by atoms with Gasteiger partial charge in [0, 0.05) is 0 Å². The minimum atomic E-state index is 0.167. The van der Waals surface area contributed by atoms with E-state index >= 15 is 0 Å². The van der Waals surface area contributed by atoms with Crippen LogP contribution in [0.5, 0.6) is 0 Å². The first kappa shape index (κ1) is 18.2. The largest absolute Gasteiger partial charge is 0.0579 e. The molecule has 2 aromatic carbocycles. The monoisotopic (exact) mass is 334 g/mol. The molecule has 0 amide bonds. The average molecular weight is 335 g/mol. The van der Waals surface area contributed by atoms with Crippen molar-refractivity contribution in [2.75, 3.05) is 0 Å². The van der Waals surface area contributed by atoms with Gasteiger partial charge < -0.3 is 0 Å². The molecule has 0 saturated carbocycles. The summed E-state index contributed by atoms with van der Waals surface area (Å²) in [5, 5.41) is 0. The molecule has 0 spiro atoms. The molecule has 0 heteroatoms. The lowest BCUT2D eigenvalue weighted by atomic mass is 9.77. The Morgan fingerprint density at radius 3 is 1.72 bits per heavy atom. The SMILES string of the molecule is CC(C)(C)c1ccc2c(c1)Cc1c-2cc(C(C)(C)C)cc1C(C)(C)C. The van der Waals surface area contributed by atoms with Crippen LogP contribution in [0.4, 0.5) is 0 Å². The van der Waals surface area contributed by atoms with E-state index in [1.165, 1.54) is 33.4 Å². The third kappa shape index (κ3) is 3.28. The number of benzene rings is 2. The van der Waals surface area contributed by atoms with Crippen molar-refractivity contribution in [1.29, 1.82) is 0 Å². The van der Waals surface area contributed by atoms with Crippen LogP contribution >= 0.6 is 0 Å². The van der Waals surface area contributed by atoms with E-state index in [0.717, 1.165) is 6.42 Å². The van der Waals surface area contributed by atoms with E-state index in [9.17, 15) is 0 Å². The zero-order valence-corrected chi connectivity index (χ0v) is 17.6. The summed E-state index contributed by atoms with van der Waals surface area (Å²) >= 11 is 0. The summed E-state index contributed by atoms with van der Waals surface area (Å²) in [7, 11) is 0. The predicted molar refractivity (Wildman–Crippen MR) is 111 cm³/mol. The Balaban J connectivity index is 2.24. The van der Waals surface area contributed by atoms with Crippen molar-refractivity contribution in [3.8, 4) is 11.1 Å². The van der Waals surface area contributed by atoms with E-state index in [2.05, 4.69) is 92.6 Å². The minimum absolute atomic E-state index is 0.167. The van der Waals surface area contributed by atoms with Gasteiger partial charge in [-0.15, -0.1) is 0 Å². The van der Waals surface area contributed by atoms with Crippen LogP contribution in [-0.4, -0.2) is 0 Å². The summed E-state index contributed by atoms with van der Waals surface area (Å²) in [6.07, 6.45) is 1.08. The Bertz CT molecular complexity index is 815. The maximum Gasteiger partial charge on any atom is -0.00104 e. The second kappa shape index (κ2) is 5.47. The van der Waals surface area contributed by atoms with Crippen molar-refractivity contribution in [3.05, 3.63) is 58.1 Å². The fourth-order valence-electron chi connectivity index (χ4n) is 3.86. The first-order chi connectivity index (χ1) is 11.3. The number of hydrogen-bond donors (Lipinski definition) is 0. The van der Waals surface area contributed by atoms with Gasteiger partial charge in [-0.1, -0.05) is 92.6 Å². The zero-order valence-electron chi connectivity index (χ0n) is 17.6. The molecular weight excluding hydrogens is 300 g/mol. The normalized spacial score (nSPS) is 14.4. The van der Waals surface area contributed by atoms with Gasteiger partial charge in [-0.05, 0) is 61.6 Å². The molecule has 0 nitrogen and oxygen atoms in total. The topological polar surface area (TPSA) is 0 Å². The molecule has 0 heterocycles. The van der Waals surface area contributed by atoms with Crippen LogP contribution in [0.25, 0.3) is 11.1 Å². The third-order valence-corrected chi connectivity index (χ3v) is 5.55. The third-order valence-electron chi connectivity index (χ3n) is 5.55. The Hall–Kier alpha value is -1.56. The summed E-state index contributed by atoms with van der Waals surface area (Å²) in [5.41, 5.74) is 10.9. The van der Waals surface area contributed by atoms with Crippen molar-refractivity contribution < 1.29 is 0 Å². The van der Waals surface area contributed by atoms with Crippen LogP contribution < -0.4 is 0 Å². The smallest absolute Gasteiger partial charge is 0.00104 e. The van der Waals surface area contributed by atoms with E-state index in [0.29, 0.717) is 0 Å². The first-order valence-electron chi connectivity index (χ1n) is 9.60. The Morgan fingerprint density at radius 2 is 1.20 bits per heavy atom. The summed E-state index contributed by atoms with van der Waals surface area (Å²) in [5.74, 6) is 0. The molecule has 0 fully saturated rings. The molecule has 0 atom stereocenters. The van der Waals surface area contributed by atoms with Crippen molar-refractivity contribution >= 4 is 0 Å². The summed E-state index contributed by atoms with van der Waals surface area (Å²) in [4.78, 5) is 0. The van der Waals surface area contributed by atoms with E-state index < -0.39 is 0 Å². The number of fused-ring (bicyclic) bond motifs is 3. The van der Waals surface area contributed by atoms with E-state index in [4.69, 9.17) is 0 Å². The zero-order chi connectivity index (χ0) is 18.8. The highest BCUT2D eigenvalue weighted by atomic mass is 14.3. The lowest BCUT2D eigenvalue weighted by Gasteiger charge is -2.28. The van der Waals surface area contributed by atoms with Crippen molar-refractivity contribution in [2.45, 2.75) is 85.0 Å². The molecule has 1 aliphatic rings. The number of hydrogen-bond acceptors (Lipinski definition) is 0. The van der Waals surface area contributed by atoms with Gasteiger partial charge in [0.15, 0.2) is 0 Å². The van der Waals surface area contributed by atoms with Crippen LogP contribution in [0.1, 0.15) is 90.1 Å². The Kier molecular flexibility index (Phi) is 3.99. The van der Waals surface area contributed by atoms with Gasteiger partial charge in [0.05, 0.1) is 0 Å². The molecule has 0 bridgehead atoms. The fourth-order valence-corrected chi connectivity index (χ4v) is 3.86. The maximum atomic E-state index is 2.47. The molecular formula is C25H34. The molecule has 0 aliphatic heterocycles. The lowest BCUT2D eigenvalue weighted by Crippen LogP contribution is -2.18. The molecule has 0 saturated heterocycles. The van der Waals surface area contributed by atoms with Crippen LogP contribution in [-0.2, 0) is 22.7 Å². The quantitative estimate of drug-likeness (QED) is 0.409. The molecule has 0 unspecified atom stereocenters. The second-order valence-corrected chi connectivity index (χ2v) is 10.8. The minimum Gasteiger partial charge on any atom is -0.0579 e. The van der Waals surface area contributed by atoms with Crippen molar-refractivity contribution in [2.24, 2.45) is 0 Å². The van der Waals surface area contributed by atoms with Gasteiger partial charge in [-0.25, -0.2) is 0 Å². The Morgan fingerprint density at radius 1 is 0.600 bits per heavy atom. The van der Waals surface area contributed by atoms with Crippen LogP contribution in [0.15, 0.2) is 30.3 Å². The van der Waals surface area contributed by atoms with Gasteiger partial charge in [0.25, 0.3) is 0 Å². The Labute approximate surface area is 154 Å². The summed E-state index contributed by atoms with van der Waals surface area (Å²) in [6.45, 7) is 20.9. The standard InChI is InChI=1S/C25H34/c1-23(2,3)17-10-11-19-16(12-17)13-21-20(19)14-18(24(4,5)6)15-22(21)25(7,8)9/h10-12,14-15H,13H2,1-9H3. The average Bonchev–Trinajstić information content (AvgIpc) is 2.80. The van der Waals surface area contributed by atoms with Crippen LogP contribution in [0.2, 0.25) is 0 Å². The first-order valence-corrected chi connectivity index (χ1v) is 9.60. The molecule has 0 N–H and O–H groups in total. The summed E-state index contributed by atoms with van der Waals surface area (Å²) < 4.78 is 0. The van der Waals surface area contributed by atoms with Crippen molar-refractivity contribution in [1.82, 2.24) is 0 Å². The van der Waals surface area contributed by atoms with Gasteiger partial charge in [-0.3, -0.25) is 0 Å². The van der Waals surface area contributed by atoms with E-state index in [1.807, 2.05) is 0 Å². The second-order valence-electron chi connectivity index (χ2n) is 10.8. The highest BCUT2D eigenvalue weighted by Crippen LogP contribution is 2.45. The van der Waals surface area contributed by atoms with E-state index in [-0.39, 0.29) is 16.2 Å². The summed E-state index contributed by atoms with van der Waals surface area (Å²) in [6, 6.07) is 12.1. The van der Waals surface area contributed by atoms with Crippen molar-refractivity contribution in [3.63, 3.8) is 0 Å². The highest BCUT2D eigenvalue weighted by molar-refractivity contribution is 5.79. The fraction of sp³-hybridized carbons (Fsp3) is 0.520. The van der Waals surface area contributed by atoms with Gasteiger partial charge in [0.1, 0.15) is 0 Å². The molecule has 0 radical (unpaired) electrons. The number of rotatable bonds is 0. The highest BCUT2D eigenvalue weighted by Gasteiger charge is 2.30. The molecule has 2 aromatic rings. The lowest BCUT2D eigenvalue weighted by molar-refractivity contribution is 0.565. The maximum absolute atomic E-state index is 2.47. The molecule has 1 aliphatic carbocycles. The van der Waals surface area contributed by atoms with Gasteiger partial charge in [-0.2, -0.15) is 0 Å². The molecule has 3 rings (SSSR count). The molecule has 25 heavy (non-hydrogen) atoms.